The fraction of sp³-hybridized carbons (Fsp3) is 0.778. The molecule has 3 heterocycles. The lowest BCUT2D eigenvalue weighted by atomic mass is 10.0. The van der Waals surface area contributed by atoms with E-state index in [1.165, 1.54) is 6.42 Å². The molecule has 0 aromatic carbocycles. The minimum atomic E-state index is -0.266. The molecule has 1 aromatic heterocycles. The van der Waals surface area contributed by atoms with E-state index in [-0.39, 0.29) is 18.1 Å². The van der Waals surface area contributed by atoms with Crippen LogP contribution >= 0.6 is 0 Å². The number of piperidine rings is 2. The first kappa shape index (κ1) is 18.4. The fourth-order valence-corrected chi connectivity index (χ4v) is 3.77. The van der Waals surface area contributed by atoms with Gasteiger partial charge in [-0.05, 0) is 45.2 Å². The third-order valence-corrected chi connectivity index (χ3v) is 5.11. The van der Waals surface area contributed by atoms with E-state index in [1.807, 2.05) is 0 Å². The normalized spacial score (nSPS) is 23.7. The van der Waals surface area contributed by atoms with Gasteiger partial charge in [-0.25, -0.2) is 0 Å². The van der Waals surface area contributed by atoms with Crippen molar-refractivity contribution in [2.45, 2.75) is 57.7 Å². The van der Waals surface area contributed by atoms with Crippen LogP contribution in [0.4, 0.5) is 0 Å². The SMILES string of the molecule is CCCN1CCC(NC(=O)c2cc(CN3CCCC(O)C3)on2)CC1. The van der Waals surface area contributed by atoms with E-state index in [2.05, 4.69) is 27.2 Å². The van der Waals surface area contributed by atoms with Gasteiger partial charge in [0.1, 0.15) is 0 Å². The smallest absolute Gasteiger partial charge is 0.273 e. The molecule has 140 valence electrons. The summed E-state index contributed by atoms with van der Waals surface area (Å²) in [6.07, 6.45) is 4.73. The number of amides is 1. The largest absolute Gasteiger partial charge is 0.392 e. The van der Waals surface area contributed by atoms with Crippen molar-refractivity contribution in [1.82, 2.24) is 20.3 Å². The van der Waals surface area contributed by atoms with Crippen molar-refractivity contribution in [2.24, 2.45) is 0 Å². The number of likely N-dealkylation sites (tertiary alicyclic amines) is 2. The van der Waals surface area contributed by atoms with E-state index in [1.54, 1.807) is 6.07 Å². The van der Waals surface area contributed by atoms with Crippen LogP contribution in [-0.2, 0) is 6.54 Å². The van der Waals surface area contributed by atoms with Gasteiger partial charge in [-0.3, -0.25) is 9.69 Å². The van der Waals surface area contributed by atoms with Crippen molar-refractivity contribution in [3.8, 4) is 0 Å². The van der Waals surface area contributed by atoms with Gasteiger partial charge in [0.25, 0.3) is 5.91 Å². The number of nitrogens with zero attached hydrogens (tertiary/aromatic N) is 3. The summed E-state index contributed by atoms with van der Waals surface area (Å²) in [7, 11) is 0. The lowest BCUT2D eigenvalue weighted by molar-refractivity contribution is 0.0622. The Hall–Kier alpha value is -1.44. The molecule has 25 heavy (non-hydrogen) atoms. The Labute approximate surface area is 149 Å². The highest BCUT2D eigenvalue weighted by Gasteiger charge is 2.23. The standard InChI is InChI=1S/C18H30N4O3/c1-2-7-21-9-5-14(6-10-21)19-18(24)17-11-16(25-20-17)13-22-8-3-4-15(23)12-22/h11,14-15,23H,2-10,12-13H2,1H3,(H,19,24). The lowest BCUT2D eigenvalue weighted by Crippen LogP contribution is -2.44. The first-order valence-electron chi connectivity index (χ1n) is 9.53. The van der Waals surface area contributed by atoms with Crippen molar-refractivity contribution in [3.63, 3.8) is 0 Å². The Morgan fingerprint density at radius 2 is 2.12 bits per heavy atom. The van der Waals surface area contributed by atoms with Gasteiger partial charge >= 0.3 is 0 Å². The van der Waals surface area contributed by atoms with Crippen LogP contribution in [0.1, 0.15) is 55.3 Å². The summed E-state index contributed by atoms with van der Waals surface area (Å²) < 4.78 is 5.32. The molecule has 2 N–H and O–H groups in total. The number of β-amino-alcohol motifs (C(OH)–C–C–N with tert-alkyl or cyclic N) is 1. The van der Waals surface area contributed by atoms with Crippen LogP contribution in [0.3, 0.4) is 0 Å². The predicted molar refractivity (Wildman–Crippen MR) is 94.2 cm³/mol. The zero-order valence-corrected chi connectivity index (χ0v) is 15.1. The Bertz CT molecular complexity index is 554. The zero-order chi connectivity index (χ0) is 17.6. The molecule has 7 heteroatoms. The lowest BCUT2D eigenvalue weighted by Gasteiger charge is -2.31. The molecule has 0 saturated carbocycles. The summed E-state index contributed by atoms with van der Waals surface area (Å²) in [6, 6.07) is 1.95. The first-order valence-corrected chi connectivity index (χ1v) is 9.53. The van der Waals surface area contributed by atoms with Crippen LogP contribution in [0.2, 0.25) is 0 Å². The predicted octanol–water partition coefficient (Wildman–Crippen LogP) is 1.24. The summed E-state index contributed by atoms with van der Waals surface area (Å²) >= 11 is 0. The molecule has 1 aromatic rings. The molecule has 0 spiro atoms. The minimum Gasteiger partial charge on any atom is -0.392 e. The van der Waals surface area contributed by atoms with Gasteiger partial charge in [0.2, 0.25) is 0 Å². The highest BCUT2D eigenvalue weighted by atomic mass is 16.5. The van der Waals surface area contributed by atoms with Crippen molar-refractivity contribution < 1.29 is 14.4 Å². The van der Waals surface area contributed by atoms with E-state index in [4.69, 9.17) is 4.52 Å². The summed E-state index contributed by atoms with van der Waals surface area (Å²) in [5, 5.41) is 16.7. The van der Waals surface area contributed by atoms with Gasteiger partial charge in [-0.2, -0.15) is 0 Å². The number of carbonyl (C=O) groups is 1. The first-order chi connectivity index (χ1) is 12.1. The van der Waals surface area contributed by atoms with Crippen LogP contribution in [0, 0.1) is 0 Å². The topological polar surface area (TPSA) is 81.8 Å². The average Bonchev–Trinajstić information content (AvgIpc) is 3.05. The number of hydrogen-bond donors (Lipinski definition) is 2. The molecule has 1 unspecified atom stereocenters. The van der Waals surface area contributed by atoms with Crippen molar-refractivity contribution in [2.75, 3.05) is 32.7 Å². The second-order valence-corrected chi connectivity index (χ2v) is 7.30. The zero-order valence-electron chi connectivity index (χ0n) is 15.1. The average molecular weight is 350 g/mol. The van der Waals surface area contributed by atoms with Crippen LogP contribution in [-0.4, -0.2) is 70.8 Å². The molecule has 1 amide bonds. The van der Waals surface area contributed by atoms with E-state index in [0.717, 1.165) is 51.9 Å². The maximum atomic E-state index is 12.4. The fourth-order valence-electron chi connectivity index (χ4n) is 3.77. The van der Waals surface area contributed by atoms with Crippen molar-refractivity contribution in [3.05, 3.63) is 17.5 Å². The number of aliphatic hydroxyl groups is 1. The van der Waals surface area contributed by atoms with E-state index < -0.39 is 0 Å². The molecule has 2 aliphatic heterocycles. The number of hydrogen-bond acceptors (Lipinski definition) is 6. The third kappa shape index (κ3) is 5.26. The van der Waals surface area contributed by atoms with E-state index >= 15 is 0 Å². The number of aromatic nitrogens is 1. The van der Waals surface area contributed by atoms with Gasteiger partial charge in [-0.15, -0.1) is 0 Å². The molecule has 0 bridgehead atoms. The quantitative estimate of drug-likeness (QED) is 0.803. The van der Waals surface area contributed by atoms with E-state index in [9.17, 15) is 9.90 Å². The number of carbonyl (C=O) groups excluding carboxylic acids is 1. The molecule has 2 saturated heterocycles. The monoisotopic (exact) mass is 350 g/mol. The molecular formula is C18H30N4O3. The van der Waals surface area contributed by atoms with Crippen LogP contribution < -0.4 is 5.32 Å². The Morgan fingerprint density at radius 3 is 2.84 bits per heavy atom. The number of rotatable bonds is 6. The van der Waals surface area contributed by atoms with Crippen LogP contribution in [0.25, 0.3) is 0 Å². The van der Waals surface area contributed by atoms with Gasteiger partial charge in [0, 0.05) is 31.7 Å². The number of nitrogens with one attached hydrogen (secondary N) is 1. The molecule has 1 atom stereocenters. The minimum absolute atomic E-state index is 0.150. The molecule has 0 radical (unpaired) electrons. The third-order valence-electron chi connectivity index (χ3n) is 5.11. The van der Waals surface area contributed by atoms with Crippen molar-refractivity contribution in [1.29, 1.82) is 0 Å². The summed E-state index contributed by atoms with van der Waals surface area (Å²) in [5.41, 5.74) is 0.351. The Kier molecular flexibility index (Phi) is 6.45. The Balaban J connectivity index is 1.46. The molecule has 3 rings (SSSR count). The van der Waals surface area contributed by atoms with Gasteiger partial charge in [0.15, 0.2) is 11.5 Å². The van der Waals surface area contributed by atoms with Gasteiger partial charge in [-0.1, -0.05) is 12.1 Å². The highest BCUT2D eigenvalue weighted by molar-refractivity contribution is 5.92. The van der Waals surface area contributed by atoms with Crippen LogP contribution in [0.15, 0.2) is 10.6 Å². The maximum absolute atomic E-state index is 12.4. The second kappa shape index (κ2) is 8.78. The van der Waals surface area contributed by atoms with Crippen LogP contribution in [0.5, 0.6) is 0 Å². The van der Waals surface area contributed by atoms with Gasteiger partial charge in [0.05, 0.1) is 12.6 Å². The highest BCUT2D eigenvalue weighted by Crippen LogP contribution is 2.15. The summed E-state index contributed by atoms with van der Waals surface area (Å²) in [6.45, 7) is 7.60. The molecule has 2 aliphatic rings. The summed E-state index contributed by atoms with van der Waals surface area (Å²) in [4.78, 5) is 17.0. The molecule has 7 nitrogen and oxygen atoms in total. The number of aliphatic hydroxyl groups excluding tert-OH is 1. The molecule has 2 fully saturated rings. The second-order valence-electron chi connectivity index (χ2n) is 7.30. The maximum Gasteiger partial charge on any atom is 0.273 e. The van der Waals surface area contributed by atoms with Gasteiger partial charge < -0.3 is 19.8 Å². The Morgan fingerprint density at radius 1 is 1.32 bits per heavy atom. The molecule has 0 aliphatic carbocycles. The summed E-state index contributed by atoms with van der Waals surface area (Å²) in [5.74, 6) is 0.527. The molecular weight excluding hydrogens is 320 g/mol. The van der Waals surface area contributed by atoms with E-state index in [0.29, 0.717) is 24.5 Å². The van der Waals surface area contributed by atoms with Crippen molar-refractivity contribution >= 4 is 5.91 Å².